The van der Waals surface area contributed by atoms with E-state index in [1.54, 1.807) is 62.6 Å². The van der Waals surface area contributed by atoms with E-state index in [0.29, 0.717) is 37.8 Å². The molecule has 1 heterocycles. The Morgan fingerprint density at radius 1 is 1.17 bits per heavy atom. The maximum Gasteiger partial charge on any atom is 0.272 e. The summed E-state index contributed by atoms with van der Waals surface area (Å²) in [7, 11) is 1.56. The average molecular weight is 510 g/mol. The number of nitro benzene ring substituents is 1. The van der Waals surface area contributed by atoms with Crippen molar-refractivity contribution in [3.63, 3.8) is 0 Å². The molecule has 35 heavy (non-hydrogen) atoms. The van der Waals surface area contributed by atoms with Crippen LogP contribution in [0.5, 0.6) is 11.5 Å². The summed E-state index contributed by atoms with van der Waals surface area (Å²) in [6.07, 6.45) is 1.76. The summed E-state index contributed by atoms with van der Waals surface area (Å²) in [5, 5.41) is 14.8. The normalized spacial score (nSPS) is 15.3. The first-order valence-corrected chi connectivity index (χ1v) is 11.6. The number of amidine groups is 1. The number of hydrogen-bond donors (Lipinski definition) is 1. The molecule has 0 unspecified atom stereocenters. The zero-order chi connectivity index (χ0) is 24.9. The van der Waals surface area contributed by atoms with Crippen LogP contribution in [-0.2, 0) is 11.4 Å². The minimum absolute atomic E-state index is 0.0363. The van der Waals surface area contributed by atoms with Crippen molar-refractivity contribution in [3.05, 3.63) is 97.4 Å². The number of thioether (sulfide) groups is 1. The fourth-order valence-electron chi connectivity index (χ4n) is 3.38. The van der Waals surface area contributed by atoms with E-state index in [0.717, 1.165) is 11.1 Å². The minimum Gasteiger partial charge on any atom is -0.496 e. The number of nitro groups is 1. The number of benzene rings is 3. The summed E-state index contributed by atoms with van der Waals surface area (Å²) in [6, 6.07) is 17.2. The Hall–Kier alpha value is -3.82. The number of ether oxygens (including phenoxy) is 2. The average Bonchev–Trinajstić information content (AvgIpc) is 3.15. The van der Waals surface area contributed by atoms with Crippen LogP contribution in [-0.4, -0.2) is 23.1 Å². The van der Waals surface area contributed by atoms with Gasteiger partial charge >= 0.3 is 0 Å². The van der Waals surface area contributed by atoms with Crippen LogP contribution < -0.4 is 14.8 Å². The number of aliphatic imine (C=N–C) groups is 1. The highest BCUT2D eigenvalue weighted by Gasteiger charge is 2.24. The molecule has 1 aliphatic rings. The molecule has 1 amide bonds. The Bertz CT molecular complexity index is 1370. The second kappa shape index (κ2) is 10.6. The molecule has 0 spiro atoms. The lowest BCUT2D eigenvalue weighted by Gasteiger charge is -2.12. The Labute approximate surface area is 210 Å². The largest absolute Gasteiger partial charge is 0.496 e. The summed E-state index contributed by atoms with van der Waals surface area (Å²) in [5.74, 6) is 0.884. The number of halogens is 1. The van der Waals surface area contributed by atoms with Crippen LogP contribution >= 0.6 is 23.4 Å². The number of hydrogen-bond acceptors (Lipinski definition) is 7. The first-order chi connectivity index (χ1) is 16.8. The third-order valence-corrected chi connectivity index (χ3v) is 6.20. The molecule has 1 fully saturated rings. The van der Waals surface area contributed by atoms with E-state index < -0.39 is 4.92 Å². The molecule has 1 N–H and O–H groups in total. The number of aryl methyl sites for hydroxylation is 1. The first kappa shape index (κ1) is 24.3. The van der Waals surface area contributed by atoms with Gasteiger partial charge in [0.2, 0.25) is 0 Å². The molecule has 1 saturated heterocycles. The standard InChI is InChI=1S/C25H20ClN3O5S/c1-15-10-20(7-8-21(15)29(31)32)34-14-17-11-16(6-9-22(17)33-2)12-23-24(30)28-25(35-23)27-19-5-3-4-18(26)13-19/h3-13H,14H2,1-2H3,(H,27,28,30)/b23-12-. The molecule has 1 aliphatic heterocycles. The van der Waals surface area contributed by atoms with Crippen LogP contribution in [0.25, 0.3) is 6.08 Å². The Balaban J connectivity index is 1.52. The predicted octanol–water partition coefficient (Wildman–Crippen LogP) is 6.04. The van der Waals surface area contributed by atoms with E-state index >= 15 is 0 Å². The van der Waals surface area contributed by atoms with Gasteiger partial charge in [0.15, 0.2) is 5.17 Å². The van der Waals surface area contributed by atoms with Crippen LogP contribution in [0.2, 0.25) is 5.02 Å². The molecule has 3 aromatic rings. The van der Waals surface area contributed by atoms with Gasteiger partial charge in [0.1, 0.15) is 18.1 Å². The van der Waals surface area contributed by atoms with Gasteiger partial charge in [-0.3, -0.25) is 14.9 Å². The quantitative estimate of drug-likeness (QED) is 0.237. The number of carbonyl (C=O) groups excluding carboxylic acids is 1. The Morgan fingerprint density at radius 3 is 2.71 bits per heavy atom. The monoisotopic (exact) mass is 509 g/mol. The lowest BCUT2D eigenvalue weighted by Crippen LogP contribution is -2.19. The molecule has 4 rings (SSSR count). The number of rotatable bonds is 7. The summed E-state index contributed by atoms with van der Waals surface area (Å²) < 4.78 is 11.3. The molecular weight excluding hydrogens is 490 g/mol. The highest BCUT2D eigenvalue weighted by Crippen LogP contribution is 2.31. The second-order valence-corrected chi connectivity index (χ2v) is 8.99. The molecule has 3 aromatic carbocycles. The molecule has 178 valence electrons. The van der Waals surface area contributed by atoms with Gasteiger partial charge < -0.3 is 14.8 Å². The van der Waals surface area contributed by atoms with Gasteiger partial charge in [0.25, 0.3) is 11.6 Å². The molecule has 8 nitrogen and oxygen atoms in total. The number of carbonyl (C=O) groups is 1. The van der Waals surface area contributed by atoms with Gasteiger partial charge in [0, 0.05) is 22.2 Å². The van der Waals surface area contributed by atoms with Gasteiger partial charge in [-0.05, 0) is 72.8 Å². The highest BCUT2D eigenvalue weighted by atomic mass is 35.5. The van der Waals surface area contributed by atoms with Gasteiger partial charge in [-0.1, -0.05) is 23.7 Å². The van der Waals surface area contributed by atoms with Crippen molar-refractivity contribution >= 4 is 51.9 Å². The van der Waals surface area contributed by atoms with E-state index in [1.807, 2.05) is 12.1 Å². The molecular formula is C25H20ClN3O5S. The fraction of sp³-hybridized carbons (Fsp3) is 0.120. The third-order valence-electron chi connectivity index (χ3n) is 5.05. The predicted molar refractivity (Wildman–Crippen MR) is 137 cm³/mol. The zero-order valence-electron chi connectivity index (χ0n) is 18.8. The highest BCUT2D eigenvalue weighted by molar-refractivity contribution is 8.18. The molecule has 0 aromatic heterocycles. The Kier molecular flexibility index (Phi) is 7.38. The minimum atomic E-state index is -0.429. The number of methoxy groups -OCH3 is 1. The van der Waals surface area contributed by atoms with Crippen LogP contribution in [0.1, 0.15) is 16.7 Å². The van der Waals surface area contributed by atoms with E-state index in [2.05, 4.69) is 10.3 Å². The van der Waals surface area contributed by atoms with Crippen molar-refractivity contribution < 1.29 is 19.2 Å². The molecule has 0 aliphatic carbocycles. The maximum atomic E-state index is 12.5. The number of nitrogens with one attached hydrogen (secondary N) is 1. The van der Waals surface area contributed by atoms with Crippen LogP contribution in [0.4, 0.5) is 11.4 Å². The van der Waals surface area contributed by atoms with E-state index in [1.165, 1.54) is 17.8 Å². The maximum absolute atomic E-state index is 12.5. The lowest BCUT2D eigenvalue weighted by molar-refractivity contribution is -0.385. The van der Waals surface area contributed by atoms with Crippen molar-refractivity contribution in [1.29, 1.82) is 0 Å². The van der Waals surface area contributed by atoms with E-state index in [-0.39, 0.29) is 18.2 Å². The van der Waals surface area contributed by atoms with Crippen LogP contribution in [0, 0.1) is 17.0 Å². The second-order valence-electron chi connectivity index (χ2n) is 7.53. The zero-order valence-corrected chi connectivity index (χ0v) is 20.4. The smallest absolute Gasteiger partial charge is 0.272 e. The molecule has 0 radical (unpaired) electrons. The topological polar surface area (TPSA) is 103 Å². The SMILES string of the molecule is COc1ccc(/C=C2\SC(=Nc3cccc(Cl)c3)NC2=O)cc1COc1ccc([N+](=O)[O-])c(C)c1. The van der Waals surface area contributed by atoms with E-state index in [4.69, 9.17) is 21.1 Å². The number of nitrogens with zero attached hydrogens (tertiary/aromatic N) is 2. The Morgan fingerprint density at radius 2 is 2.00 bits per heavy atom. The third kappa shape index (κ3) is 6.00. The summed E-state index contributed by atoms with van der Waals surface area (Å²) in [6.45, 7) is 1.84. The number of amides is 1. The fourth-order valence-corrected chi connectivity index (χ4v) is 4.41. The van der Waals surface area contributed by atoms with Gasteiger partial charge in [-0.2, -0.15) is 0 Å². The van der Waals surface area contributed by atoms with Crippen molar-refractivity contribution in [2.75, 3.05) is 7.11 Å². The molecule has 0 atom stereocenters. The van der Waals surface area contributed by atoms with Gasteiger partial charge in [-0.15, -0.1) is 0 Å². The van der Waals surface area contributed by atoms with E-state index in [9.17, 15) is 14.9 Å². The molecule has 0 bridgehead atoms. The summed E-state index contributed by atoms with van der Waals surface area (Å²) in [5.41, 5.74) is 2.73. The van der Waals surface area contributed by atoms with Gasteiger partial charge in [0.05, 0.1) is 22.6 Å². The molecule has 10 heteroatoms. The summed E-state index contributed by atoms with van der Waals surface area (Å²) in [4.78, 5) is 28.0. The van der Waals surface area contributed by atoms with Crippen LogP contribution in [0.3, 0.4) is 0 Å². The first-order valence-electron chi connectivity index (χ1n) is 10.4. The van der Waals surface area contributed by atoms with Gasteiger partial charge in [-0.25, -0.2) is 4.99 Å². The van der Waals surface area contributed by atoms with Crippen LogP contribution in [0.15, 0.2) is 70.6 Å². The van der Waals surface area contributed by atoms with Crippen molar-refractivity contribution in [2.45, 2.75) is 13.5 Å². The van der Waals surface area contributed by atoms with Crippen molar-refractivity contribution in [3.8, 4) is 11.5 Å². The van der Waals surface area contributed by atoms with Crippen molar-refractivity contribution in [1.82, 2.24) is 5.32 Å². The molecule has 0 saturated carbocycles. The summed E-state index contributed by atoms with van der Waals surface area (Å²) >= 11 is 7.24. The van der Waals surface area contributed by atoms with Crippen molar-refractivity contribution in [2.24, 2.45) is 4.99 Å². The lowest BCUT2D eigenvalue weighted by atomic mass is 10.1.